The smallest absolute Gasteiger partial charge is 0.338 e. The van der Waals surface area contributed by atoms with Crippen LogP contribution in [0.25, 0.3) is 0 Å². The number of benzene rings is 2. The Morgan fingerprint density at radius 1 is 1.28 bits per heavy atom. The molecule has 0 saturated heterocycles. The predicted octanol–water partition coefficient (Wildman–Crippen LogP) is 4.25. The van der Waals surface area contributed by atoms with Crippen LogP contribution in [0.3, 0.4) is 0 Å². The zero-order valence-corrected chi connectivity index (χ0v) is 15.1. The lowest BCUT2D eigenvalue weighted by Gasteiger charge is -2.09. The third-order valence-corrected chi connectivity index (χ3v) is 5.87. The Labute approximate surface area is 155 Å². The van der Waals surface area contributed by atoms with Crippen molar-refractivity contribution in [1.82, 2.24) is 0 Å². The highest BCUT2D eigenvalue weighted by Gasteiger charge is 2.15. The van der Waals surface area contributed by atoms with Crippen molar-refractivity contribution in [2.24, 2.45) is 4.99 Å². The number of nitriles is 1. The molecule has 126 valence electrons. The highest BCUT2D eigenvalue weighted by atomic mass is 32.2. The summed E-state index contributed by atoms with van der Waals surface area (Å²) < 4.78 is 6.51. The molecular formula is C19H16N2O2S2. The van der Waals surface area contributed by atoms with Crippen LogP contribution >= 0.6 is 23.5 Å². The minimum atomic E-state index is -0.348. The van der Waals surface area contributed by atoms with Gasteiger partial charge in [0.25, 0.3) is 0 Å². The van der Waals surface area contributed by atoms with Gasteiger partial charge in [0.15, 0.2) is 0 Å². The maximum absolute atomic E-state index is 12.5. The number of hydrogen-bond donors (Lipinski definition) is 0. The fraction of sp³-hybridized carbons (Fsp3) is 0.211. The van der Waals surface area contributed by atoms with E-state index in [0.29, 0.717) is 16.9 Å². The number of carbonyl (C=O) groups is 1. The number of esters is 1. The van der Waals surface area contributed by atoms with Crippen LogP contribution in [-0.4, -0.2) is 22.6 Å². The summed E-state index contributed by atoms with van der Waals surface area (Å²) in [6.45, 7) is 1.02. The topological polar surface area (TPSA) is 62.4 Å². The van der Waals surface area contributed by atoms with E-state index < -0.39 is 0 Å². The van der Waals surface area contributed by atoms with E-state index in [-0.39, 0.29) is 12.6 Å². The van der Waals surface area contributed by atoms with E-state index in [1.165, 1.54) is 0 Å². The van der Waals surface area contributed by atoms with Crippen molar-refractivity contribution in [3.05, 3.63) is 70.8 Å². The van der Waals surface area contributed by atoms with Gasteiger partial charge in [0.1, 0.15) is 11.0 Å². The SMILES string of the molecule is N#Cc1cccc(COC(=O)c2ccccc2CSC2=NCCS2)c1. The quantitative estimate of drug-likeness (QED) is 0.738. The van der Waals surface area contributed by atoms with Gasteiger partial charge in [-0.05, 0) is 29.3 Å². The standard InChI is InChI=1S/C19H16N2O2S2/c20-11-14-4-3-5-15(10-14)12-23-18(22)17-7-2-1-6-16(17)13-25-19-21-8-9-24-19/h1-7,10H,8-9,12-13H2. The van der Waals surface area contributed by atoms with Gasteiger partial charge in [0.2, 0.25) is 0 Å². The first-order valence-electron chi connectivity index (χ1n) is 7.80. The van der Waals surface area contributed by atoms with Gasteiger partial charge in [-0.2, -0.15) is 5.26 Å². The van der Waals surface area contributed by atoms with E-state index >= 15 is 0 Å². The van der Waals surface area contributed by atoms with Crippen LogP contribution in [0.1, 0.15) is 27.0 Å². The van der Waals surface area contributed by atoms with E-state index in [0.717, 1.165) is 27.8 Å². The van der Waals surface area contributed by atoms with Gasteiger partial charge in [-0.3, -0.25) is 4.99 Å². The average molecular weight is 368 g/mol. The molecule has 0 N–H and O–H groups in total. The number of ether oxygens (including phenoxy) is 1. The predicted molar refractivity (Wildman–Crippen MR) is 103 cm³/mol. The van der Waals surface area contributed by atoms with Gasteiger partial charge in [-0.15, -0.1) is 0 Å². The average Bonchev–Trinajstić information content (AvgIpc) is 3.18. The normalized spacial score (nSPS) is 13.2. The first-order valence-corrected chi connectivity index (χ1v) is 9.77. The third-order valence-electron chi connectivity index (χ3n) is 3.57. The molecule has 3 rings (SSSR count). The molecule has 2 aromatic rings. The molecule has 1 heterocycles. The van der Waals surface area contributed by atoms with Crippen molar-refractivity contribution >= 4 is 33.9 Å². The van der Waals surface area contributed by atoms with Crippen molar-refractivity contribution in [3.8, 4) is 6.07 Å². The summed E-state index contributed by atoms with van der Waals surface area (Å²) in [5, 5.41) is 8.93. The van der Waals surface area contributed by atoms with Crippen molar-refractivity contribution < 1.29 is 9.53 Å². The van der Waals surface area contributed by atoms with Crippen LogP contribution in [0.15, 0.2) is 53.5 Å². The molecule has 0 aliphatic carbocycles. The highest BCUT2D eigenvalue weighted by Crippen LogP contribution is 2.26. The second kappa shape index (κ2) is 8.75. The van der Waals surface area contributed by atoms with Crippen LogP contribution < -0.4 is 0 Å². The van der Waals surface area contributed by atoms with Crippen molar-refractivity contribution in [1.29, 1.82) is 5.26 Å². The largest absolute Gasteiger partial charge is 0.457 e. The van der Waals surface area contributed by atoms with Gasteiger partial charge in [0.05, 0.1) is 23.7 Å². The van der Waals surface area contributed by atoms with Gasteiger partial charge < -0.3 is 4.74 Å². The maximum atomic E-state index is 12.5. The van der Waals surface area contributed by atoms with Crippen LogP contribution in [0.5, 0.6) is 0 Å². The molecule has 0 spiro atoms. The Bertz CT molecular complexity index is 843. The number of aliphatic imine (C=N–C) groups is 1. The summed E-state index contributed by atoms with van der Waals surface area (Å²) >= 11 is 3.41. The van der Waals surface area contributed by atoms with E-state index in [1.54, 1.807) is 47.8 Å². The zero-order chi connectivity index (χ0) is 17.5. The molecule has 0 radical (unpaired) electrons. The second-order valence-electron chi connectivity index (χ2n) is 5.33. The summed E-state index contributed by atoms with van der Waals surface area (Å²) in [4.78, 5) is 16.9. The van der Waals surface area contributed by atoms with Gasteiger partial charge in [-0.1, -0.05) is 53.9 Å². The lowest BCUT2D eigenvalue weighted by Crippen LogP contribution is -2.08. The molecule has 25 heavy (non-hydrogen) atoms. The Morgan fingerprint density at radius 2 is 2.16 bits per heavy atom. The van der Waals surface area contributed by atoms with E-state index in [4.69, 9.17) is 10.00 Å². The molecule has 1 aliphatic rings. The molecule has 4 nitrogen and oxygen atoms in total. The molecule has 6 heteroatoms. The van der Waals surface area contributed by atoms with Gasteiger partial charge in [0, 0.05) is 11.5 Å². The van der Waals surface area contributed by atoms with Gasteiger partial charge in [-0.25, -0.2) is 4.79 Å². The van der Waals surface area contributed by atoms with Crippen LogP contribution in [0, 0.1) is 11.3 Å². The van der Waals surface area contributed by atoms with Crippen LogP contribution in [-0.2, 0) is 17.1 Å². The van der Waals surface area contributed by atoms with E-state index in [9.17, 15) is 4.79 Å². The van der Waals surface area contributed by atoms with Gasteiger partial charge >= 0.3 is 5.97 Å². The summed E-state index contributed by atoms with van der Waals surface area (Å²) in [5.41, 5.74) is 2.88. The number of nitrogens with zero attached hydrogens (tertiary/aromatic N) is 2. The minimum Gasteiger partial charge on any atom is -0.457 e. The van der Waals surface area contributed by atoms with Crippen molar-refractivity contribution in [2.45, 2.75) is 12.4 Å². The molecule has 0 bridgehead atoms. The zero-order valence-electron chi connectivity index (χ0n) is 13.5. The minimum absolute atomic E-state index is 0.151. The molecule has 0 atom stereocenters. The number of hydrogen-bond acceptors (Lipinski definition) is 6. The van der Waals surface area contributed by atoms with E-state index in [1.807, 2.05) is 24.3 Å². The Hall–Kier alpha value is -2.23. The first-order chi connectivity index (χ1) is 12.3. The van der Waals surface area contributed by atoms with Crippen LogP contribution in [0.2, 0.25) is 0 Å². The van der Waals surface area contributed by atoms with Crippen molar-refractivity contribution in [3.63, 3.8) is 0 Å². The molecular weight excluding hydrogens is 352 g/mol. The summed E-state index contributed by atoms with van der Waals surface area (Å²) in [5.74, 6) is 1.38. The summed E-state index contributed by atoms with van der Waals surface area (Å²) in [6.07, 6.45) is 0. The Balaban J connectivity index is 1.64. The number of thioether (sulfide) groups is 2. The lowest BCUT2D eigenvalue weighted by atomic mass is 10.1. The second-order valence-corrected chi connectivity index (χ2v) is 7.64. The fourth-order valence-corrected chi connectivity index (χ4v) is 4.36. The highest BCUT2D eigenvalue weighted by molar-refractivity contribution is 8.38. The van der Waals surface area contributed by atoms with Crippen LogP contribution in [0.4, 0.5) is 0 Å². The molecule has 0 saturated carbocycles. The van der Waals surface area contributed by atoms with Crippen molar-refractivity contribution in [2.75, 3.05) is 12.3 Å². The molecule has 0 aromatic heterocycles. The summed E-state index contributed by atoms with van der Waals surface area (Å²) in [7, 11) is 0. The number of rotatable bonds is 5. The summed E-state index contributed by atoms with van der Waals surface area (Å²) in [6, 6.07) is 16.6. The maximum Gasteiger partial charge on any atom is 0.338 e. The molecule has 0 unspecified atom stereocenters. The molecule has 0 amide bonds. The third kappa shape index (κ3) is 4.88. The Kier molecular flexibility index (Phi) is 6.15. The molecule has 2 aromatic carbocycles. The fourth-order valence-electron chi connectivity index (χ4n) is 2.34. The first kappa shape index (κ1) is 17.6. The lowest BCUT2D eigenvalue weighted by molar-refractivity contribution is 0.0471. The van der Waals surface area contributed by atoms with E-state index in [2.05, 4.69) is 11.1 Å². The monoisotopic (exact) mass is 368 g/mol. The molecule has 0 fully saturated rings. The molecule has 1 aliphatic heterocycles. The Morgan fingerprint density at radius 3 is 2.96 bits per heavy atom. The number of carbonyl (C=O) groups excluding carboxylic acids is 1.